The standard InChI is InChI=1S/C18H18ClN3S/c1-12-10-23-11-18(13-2-5-15(19)6-3-13)22(12)16-7-4-14-9-20-21-17(14)8-16/h2-9,12,18H,10-11H2,1H3,(H,20,21). The van der Waals surface area contributed by atoms with Crippen LogP contribution in [0.4, 0.5) is 5.69 Å². The van der Waals surface area contributed by atoms with Gasteiger partial charge in [0.2, 0.25) is 0 Å². The number of H-pyrrole nitrogens is 1. The van der Waals surface area contributed by atoms with Crippen molar-refractivity contribution in [3.05, 3.63) is 59.2 Å². The molecule has 0 aliphatic carbocycles. The van der Waals surface area contributed by atoms with Gasteiger partial charge in [0, 0.05) is 33.6 Å². The third-order valence-corrected chi connectivity index (χ3v) is 5.95. The maximum Gasteiger partial charge on any atom is 0.0670 e. The second-order valence-electron chi connectivity index (χ2n) is 6.00. The number of nitrogens with zero attached hydrogens (tertiary/aromatic N) is 2. The van der Waals surface area contributed by atoms with Gasteiger partial charge >= 0.3 is 0 Å². The van der Waals surface area contributed by atoms with Gasteiger partial charge in [-0.15, -0.1) is 0 Å². The molecule has 0 bridgehead atoms. The predicted octanol–water partition coefficient (Wildman–Crippen LogP) is 4.90. The highest BCUT2D eigenvalue weighted by atomic mass is 35.5. The van der Waals surface area contributed by atoms with Crippen LogP contribution in [-0.4, -0.2) is 27.7 Å². The van der Waals surface area contributed by atoms with Gasteiger partial charge in [-0.25, -0.2) is 0 Å². The fourth-order valence-corrected chi connectivity index (χ4v) is 4.62. The van der Waals surface area contributed by atoms with Crippen molar-refractivity contribution in [1.29, 1.82) is 0 Å². The summed E-state index contributed by atoms with van der Waals surface area (Å²) < 4.78 is 0. The molecular formula is C18H18ClN3S. The number of thioether (sulfide) groups is 1. The van der Waals surface area contributed by atoms with Gasteiger partial charge in [0.1, 0.15) is 0 Å². The molecule has 3 aromatic rings. The largest absolute Gasteiger partial charge is 0.360 e. The van der Waals surface area contributed by atoms with E-state index in [4.69, 9.17) is 11.6 Å². The van der Waals surface area contributed by atoms with Gasteiger partial charge in [0.15, 0.2) is 0 Å². The van der Waals surface area contributed by atoms with Crippen LogP contribution >= 0.6 is 23.4 Å². The average Bonchev–Trinajstić information content (AvgIpc) is 3.03. The average molecular weight is 344 g/mol. The van der Waals surface area contributed by atoms with Gasteiger partial charge in [0.05, 0.1) is 17.8 Å². The van der Waals surface area contributed by atoms with Gasteiger partial charge in [0.25, 0.3) is 0 Å². The summed E-state index contributed by atoms with van der Waals surface area (Å²) in [6, 6.07) is 15.7. The number of benzene rings is 2. The quantitative estimate of drug-likeness (QED) is 0.718. The van der Waals surface area contributed by atoms with Crippen LogP contribution in [0, 0.1) is 0 Å². The van der Waals surface area contributed by atoms with E-state index in [9.17, 15) is 0 Å². The van der Waals surface area contributed by atoms with Crippen LogP contribution in [-0.2, 0) is 0 Å². The maximum absolute atomic E-state index is 6.06. The zero-order valence-corrected chi connectivity index (χ0v) is 14.4. The Hall–Kier alpha value is -1.65. The van der Waals surface area contributed by atoms with E-state index in [1.165, 1.54) is 11.3 Å². The zero-order chi connectivity index (χ0) is 15.8. The lowest BCUT2D eigenvalue weighted by Crippen LogP contribution is -2.43. The molecule has 1 fully saturated rings. The van der Waals surface area contributed by atoms with E-state index in [2.05, 4.69) is 52.4 Å². The molecule has 3 nitrogen and oxygen atoms in total. The molecule has 5 heteroatoms. The van der Waals surface area contributed by atoms with Crippen molar-refractivity contribution < 1.29 is 0 Å². The number of anilines is 1. The van der Waals surface area contributed by atoms with E-state index >= 15 is 0 Å². The summed E-state index contributed by atoms with van der Waals surface area (Å²) in [5.74, 6) is 2.23. The molecule has 1 aliphatic rings. The molecular weight excluding hydrogens is 326 g/mol. The smallest absolute Gasteiger partial charge is 0.0670 e. The molecule has 2 aromatic carbocycles. The molecule has 23 heavy (non-hydrogen) atoms. The van der Waals surface area contributed by atoms with Crippen LogP contribution in [0.2, 0.25) is 5.02 Å². The third-order valence-electron chi connectivity index (χ3n) is 4.42. The van der Waals surface area contributed by atoms with Crippen molar-refractivity contribution in [2.45, 2.75) is 19.0 Å². The number of rotatable bonds is 2. The van der Waals surface area contributed by atoms with Crippen LogP contribution < -0.4 is 4.90 Å². The highest BCUT2D eigenvalue weighted by Gasteiger charge is 2.29. The number of nitrogens with one attached hydrogen (secondary N) is 1. The molecule has 118 valence electrons. The summed E-state index contributed by atoms with van der Waals surface area (Å²) in [6.45, 7) is 2.30. The Morgan fingerprint density at radius 2 is 2.00 bits per heavy atom. The lowest BCUT2D eigenvalue weighted by molar-refractivity contribution is 0.593. The maximum atomic E-state index is 6.06. The minimum Gasteiger partial charge on any atom is -0.360 e. The number of hydrogen-bond acceptors (Lipinski definition) is 3. The van der Waals surface area contributed by atoms with Gasteiger partial charge in [-0.1, -0.05) is 23.7 Å². The topological polar surface area (TPSA) is 31.9 Å². The first-order chi connectivity index (χ1) is 11.2. The Kier molecular flexibility index (Phi) is 3.95. The molecule has 2 unspecified atom stereocenters. The first kappa shape index (κ1) is 14.9. The monoisotopic (exact) mass is 343 g/mol. The fraction of sp³-hybridized carbons (Fsp3) is 0.278. The van der Waals surface area contributed by atoms with Crippen molar-refractivity contribution in [2.75, 3.05) is 16.4 Å². The molecule has 0 radical (unpaired) electrons. The minimum absolute atomic E-state index is 0.362. The molecule has 1 N–H and O–H groups in total. The van der Waals surface area contributed by atoms with E-state index in [0.29, 0.717) is 12.1 Å². The number of aromatic nitrogens is 2. The lowest BCUT2D eigenvalue weighted by atomic mass is 10.0. The van der Waals surface area contributed by atoms with Crippen LogP contribution in [0.15, 0.2) is 48.7 Å². The summed E-state index contributed by atoms with van der Waals surface area (Å²) in [6.07, 6.45) is 1.87. The Balaban J connectivity index is 1.75. The van der Waals surface area contributed by atoms with Gasteiger partial charge in [-0.3, -0.25) is 5.10 Å². The molecule has 0 saturated carbocycles. The second kappa shape index (κ2) is 6.10. The number of halogens is 1. The molecule has 0 amide bonds. The Bertz CT molecular complexity index is 815. The van der Waals surface area contributed by atoms with Crippen molar-refractivity contribution in [1.82, 2.24) is 10.2 Å². The SMILES string of the molecule is CC1CSCC(c2ccc(Cl)cc2)N1c1ccc2cn[nH]c2c1. The molecule has 1 aromatic heterocycles. The van der Waals surface area contributed by atoms with E-state index in [-0.39, 0.29) is 0 Å². The van der Waals surface area contributed by atoms with E-state index in [1.807, 2.05) is 30.1 Å². The first-order valence-corrected chi connectivity index (χ1v) is 9.30. The summed E-state index contributed by atoms with van der Waals surface area (Å²) in [7, 11) is 0. The highest BCUT2D eigenvalue weighted by Crippen LogP contribution is 2.38. The summed E-state index contributed by atoms with van der Waals surface area (Å²) in [5.41, 5.74) is 3.65. The fourth-order valence-electron chi connectivity index (χ4n) is 3.28. The first-order valence-electron chi connectivity index (χ1n) is 7.77. The van der Waals surface area contributed by atoms with Crippen LogP contribution in [0.5, 0.6) is 0 Å². The number of fused-ring (bicyclic) bond motifs is 1. The van der Waals surface area contributed by atoms with Crippen LogP contribution in [0.3, 0.4) is 0 Å². The van der Waals surface area contributed by atoms with Crippen molar-refractivity contribution in [2.24, 2.45) is 0 Å². The van der Waals surface area contributed by atoms with Crippen LogP contribution in [0.1, 0.15) is 18.5 Å². The van der Waals surface area contributed by atoms with Crippen LogP contribution in [0.25, 0.3) is 10.9 Å². The van der Waals surface area contributed by atoms with Crippen molar-refractivity contribution in [3.8, 4) is 0 Å². The molecule has 2 heterocycles. The zero-order valence-electron chi connectivity index (χ0n) is 12.9. The normalized spacial score (nSPS) is 21.7. The Morgan fingerprint density at radius 3 is 2.83 bits per heavy atom. The lowest BCUT2D eigenvalue weighted by Gasteiger charge is -2.42. The van der Waals surface area contributed by atoms with E-state index < -0.39 is 0 Å². The minimum atomic E-state index is 0.362. The number of aromatic amines is 1. The molecule has 1 aliphatic heterocycles. The van der Waals surface area contributed by atoms with Gasteiger partial charge in [-0.05, 0) is 42.8 Å². The molecule has 4 rings (SSSR count). The molecule has 0 spiro atoms. The molecule has 1 saturated heterocycles. The van der Waals surface area contributed by atoms with Crippen molar-refractivity contribution >= 4 is 40.0 Å². The summed E-state index contributed by atoms with van der Waals surface area (Å²) in [4.78, 5) is 2.53. The summed E-state index contributed by atoms with van der Waals surface area (Å²) in [5, 5.41) is 9.14. The molecule has 2 atom stereocenters. The summed E-state index contributed by atoms with van der Waals surface area (Å²) >= 11 is 8.07. The van der Waals surface area contributed by atoms with Gasteiger partial charge < -0.3 is 4.90 Å². The Morgan fingerprint density at radius 1 is 1.17 bits per heavy atom. The number of hydrogen-bond donors (Lipinski definition) is 1. The third kappa shape index (κ3) is 2.81. The van der Waals surface area contributed by atoms with E-state index in [1.54, 1.807) is 0 Å². The van der Waals surface area contributed by atoms with E-state index in [0.717, 1.165) is 27.4 Å². The predicted molar refractivity (Wildman–Crippen MR) is 99.6 cm³/mol. The Labute approximate surface area is 145 Å². The van der Waals surface area contributed by atoms with Crippen molar-refractivity contribution in [3.63, 3.8) is 0 Å². The second-order valence-corrected chi connectivity index (χ2v) is 7.51. The van der Waals surface area contributed by atoms with Gasteiger partial charge in [-0.2, -0.15) is 16.9 Å². The highest BCUT2D eigenvalue weighted by molar-refractivity contribution is 7.99.